The van der Waals surface area contributed by atoms with Crippen molar-refractivity contribution in [2.24, 2.45) is 0 Å². The van der Waals surface area contributed by atoms with Crippen LogP contribution < -0.4 is 10.6 Å². The second-order valence-electron chi connectivity index (χ2n) is 6.47. The van der Waals surface area contributed by atoms with E-state index in [0.29, 0.717) is 37.2 Å². The van der Waals surface area contributed by atoms with Crippen LogP contribution in [0.5, 0.6) is 0 Å². The molecule has 0 spiro atoms. The molecule has 0 saturated carbocycles. The van der Waals surface area contributed by atoms with E-state index in [-0.39, 0.29) is 17.7 Å². The predicted molar refractivity (Wildman–Crippen MR) is 107 cm³/mol. The monoisotopic (exact) mass is 385 g/mol. The minimum atomic E-state index is -0.433. The van der Waals surface area contributed by atoms with Crippen LogP contribution in [0.25, 0.3) is 0 Å². The number of nitrogens with one attached hydrogen (secondary N) is 2. The molecule has 7 heteroatoms. The topological polar surface area (TPSA) is 78.5 Å². The molecule has 0 aliphatic carbocycles. The number of benzene rings is 1. The quantitative estimate of drug-likeness (QED) is 0.801. The highest BCUT2D eigenvalue weighted by molar-refractivity contribution is 7.10. The van der Waals surface area contributed by atoms with E-state index >= 15 is 0 Å². The molecule has 0 bridgehead atoms. The molecule has 1 fully saturated rings. The number of carbonyl (C=O) groups is 3. The average Bonchev–Trinajstić information content (AvgIpc) is 3.34. The molecule has 142 valence electrons. The molecule has 1 saturated heterocycles. The first kappa shape index (κ1) is 19.1. The summed E-state index contributed by atoms with van der Waals surface area (Å²) in [6, 6.07) is 10.4. The number of likely N-dealkylation sites (tertiary alicyclic amines) is 1. The lowest BCUT2D eigenvalue weighted by Gasteiger charge is -2.24. The fourth-order valence-corrected chi connectivity index (χ4v) is 3.81. The Hall–Kier alpha value is -2.67. The lowest BCUT2D eigenvalue weighted by molar-refractivity contribution is -0.136. The third-order valence-corrected chi connectivity index (χ3v) is 5.42. The number of anilines is 2. The maximum absolute atomic E-state index is 12.7. The van der Waals surface area contributed by atoms with Gasteiger partial charge in [0.1, 0.15) is 6.04 Å². The number of thiophene rings is 1. The zero-order valence-electron chi connectivity index (χ0n) is 15.2. The van der Waals surface area contributed by atoms with Crippen LogP contribution in [0.1, 0.15) is 31.1 Å². The minimum Gasteiger partial charge on any atom is -0.330 e. The maximum Gasteiger partial charge on any atom is 0.247 e. The Bertz CT molecular complexity index is 802. The summed E-state index contributed by atoms with van der Waals surface area (Å²) in [7, 11) is 0. The third-order valence-electron chi connectivity index (χ3n) is 4.54. The van der Waals surface area contributed by atoms with Crippen molar-refractivity contribution in [2.75, 3.05) is 17.2 Å². The van der Waals surface area contributed by atoms with Gasteiger partial charge in [0.25, 0.3) is 0 Å². The zero-order valence-corrected chi connectivity index (χ0v) is 16.1. The third kappa shape index (κ3) is 4.95. The van der Waals surface area contributed by atoms with Gasteiger partial charge in [-0.05, 0) is 48.6 Å². The normalized spacial score (nSPS) is 16.2. The van der Waals surface area contributed by atoms with Crippen LogP contribution in [0, 0.1) is 0 Å². The molecule has 27 heavy (non-hydrogen) atoms. The Morgan fingerprint density at radius 3 is 2.44 bits per heavy atom. The average molecular weight is 385 g/mol. The maximum atomic E-state index is 12.7. The van der Waals surface area contributed by atoms with Crippen molar-refractivity contribution < 1.29 is 14.4 Å². The Balaban J connectivity index is 1.59. The second kappa shape index (κ2) is 8.81. The first-order valence-electron chi connectivity index (χ1n) is 9.09. The summed E-state index contributed by atoms with van der Waals surface area (Å²) >= 11 is 1.55. The number of hydrogen-bond donors (Lipinski definition) is 2. The van der Waals surface area contributed by atoms with Crippen molar-refractivity contribution in [1.29, 1.82) is 0 Å². The summed E-state index contributed by atoms with van der Waals surface area (Å²) in [4.78, 5) is 39.3. The molecule has 1 aliphatic rings. The van der Waals surface area contributed by atoms with E-state index in [1.165, 1.54) is 0 Å². The number of carbonyl (C=O) groups excluding carboxylic acids is 3. The summed E-state index contributed by atoms with van der Waals surface area (Å²) in [6.45, 7) is 2.40. The molecule has 2 N–H and O–H groups in total. The van der Waals surface area contributed by atoms with E-state index in [9.17, 15) is 14.4 Å². The molecule has 1 aromatic heterocycles. The molecule has 1 aliphatic heterocycles. The molecule has 3 amide bonds. The number of rotatable bonds is 6. The summed E-state index contributed by atoms with van der Waals surface area (Å²) in [5.41, 5.74) is 1.33. The van der Waals surface area contributed by atoms with Gasteiger partial charge in [0.2, 0.25) is 17.7 Å². The van der Waals surface area contributed by atoms with Crippen molar-refractivity contribution in [3.05, 3.63) is 46.7 Å². The summed E-state index contributed by atoms with van der Waals surface area (Å²) in [5.74, 6) is -0.234. The molecule has 2 heterocycles. The molecule has 2 aromatic rings. The van der Waals surface area contributed by atoms with Gasteiger partial charge in [0.15, 0.2) is 0 Å². The summed E-state index contributed by atoms with van der Waals surface area (Å²) in [5, 5.41) is 7.59. The van der Waals surface area contributed by atoms with Gasteiger partial charge >= 0.3 is 0 Å². The Labute approximate surface area is 162 Å². The second-order valence-corrected chi connectivity index (χ2v) is 7.50. The van der Waals surface area contributed by atoms with Crippen molar-refractivity contribution in [3.8, 4) is 0 Å². The highest BCUT2D eigenvalue weighted by Gasteiger charge is 2.34. The van der Waals surface area contributed by atoms with Gasteiger partial charge in [0.05, 0.1) is 6.42 Å². The van der Waals surface area contributed by atoms with Gasteiger partial charge in [-0.1, -0.05) is 13.0 Å². The van der Waals surface area contributed by atoms with E-state index in [1.54, 1.807) is 47.4 Å². The van der Waals surface area contributed by atoms with E-state index < -0.39 is 6.04 Å². The Morgan fingerprint density at radius 1 is 1.11 bits per heavy atom. The number of nitrogens with zero attached hydrogens (tertiary/aromatic N) is 1. The number of amides is 3. The van der Waals surface area contributed by atoms with Gasteiger partial charge < -0.3 is 15.5 Å². The first-order chi connectivity index (χ1) is 13.1. The van der Waals surface area contributed by atoms with Crippen LogP contribution in [-0.2, 0) is 20.8 Å². The van der Waals surface area contributed by atoms with E-state index in [2.05, 4.69) is 10.6 Å². The predicted octanol–water partition coefficient (Wildman–Crippen LogP) is 3.27. The van der Waals surface area contributed by atoms with Crippen LogP contribution >= 0.6 is 11.3 Å². The van der Waals surface area contributed by atoms with Gasteiger partial charge in [-0.25, -0.2) is 0 Å². The SMILES string of the molecule is CCC(=O)Nc1ccc(NC(=O)C2CCCN2C(=O)Cc2cccs2)cc1. The summed E-state index contributed by atoms with van der Waals surface area (Å²) in [6.07, 6.45) is 2.26. The van der Waals surface area contributed by atoms with Gasteiger partial charge in [-0.2, -0.15) is 0 Å². The lowest BCUT2D eigenvalue weighted by atomic mass is 10.2. The van der Waals surface area contributed by atoms with Gasteiger partial charge in [-0.3, -0.25) is 14.4 Å². The molecule has 3 rings (SSSR count). The highest BCUT2D eigenvalue weighted by atomic mass is 32.1. The molecule has 1 aromatic carbocycles. The zero-order chi connectivity index (χ0) is 19.2. The standard InChI is InChI=1S/C20H23N3O3S/c1-2-18(24)21-14-7-9-15(10-8-14)22-20(26)17-6-3-11-23(17)19(25)13-16-5-4-12-27-16/h4-5,7-10,12,17H,2-3,6,11,13H2,1H3,(H,21,24)(H,22,26). The largest absolute Gasteiger partial charge is 0.330 e. The minimum absolute atomic E-state index is 0.00674. The summed E-state index contributed by atoms with van der Waals surface area (Å²) < 4.78 is 0. The molecule has 6 nitrogen and oxygen atoms in total. The lowest BCUT2D eigenvalue weighted by Crippen LogP contribution is -2.43. The Kier molecular flexibility index (Phi) is 6.24. The van der Waals surface area contributed by atoms with Crippen molar-refractivity contribution in [1.82, 2.24) is 4.90 Å². The van der Waals surface area contributed by atoms with Crippen molar-refractivity contribution in [3.63, 3.8) is 0 Å². The van der Waals surface area contributed by atoms with E-state index in [4.69, 9.17) is 0 Å². The van der Waals surface area contributed by atoms with Crippen molar-refractivity contribution >= 4 is 40.4 Å². The van der Waals surface area contributed by atoms with E-state index in [0.717, 1.165) is 11.3 Å². The van der Waals surface area contributed by atoms with Gasteiger partial charge in [-0.15, -0.1) is 11.3 Å². The van der Waals surface area contributed by atoms with Crippen LogP contribution in [0.3, 0.4) is 0 Å². The van der Waals surface area contributed by atoms with E-state index in [1.807, 2.05) is 17.5 Å². The van der Waals surface area contributed by atoms with Crippen LogP contribution in [0.4, 0.5) is 11.4 Å². The number of hydrogen-bond acceptors (Lipinski definition) is 4. The molecule has 1 unspecified atom stereocenters. The molecular formula is C20H23N3O3S. The highest BCUT2D eigenvalue weighted by Crippen LogP contribution is 2.22. The Morgan fingerprint density at radius 2 is 1.81 bits per heavy atom. The fraction of sp³-hybridized carbons (Fsp3) is 0.350. The molecule has 0 radical (unpaired) electrons. The van der Waals surface area contributed by atoms with Crippen LogP contribution in [0.2, 0.25) is 0 Å². The molecular weight excluding hydrogens is 362 g/mol. The van der Waals surface area contributed by atoms with Gasteiger partial charge in [0, 0.05) is 29.2 Å². The first-order valence-corrected chi connectivity index (χ1v) is 9.97. The van der Waals surface area contributed by atoms with Crippen LogP contribution in [0.15, 0.2) is 41.8 Å². The van der Waals surface area contributed by atoms with Crippen molar-refractivity contribution in [2.45, 2.75) is 38.6 Å². The fourth-order valence-electron chi connectivity index (χ4n) is 3.11. The molecule has 1 atom stereocenters. The smallest absolute Gasteiger partial charge is 0.247 e. The van der Waals surface area contributed by atoms with Crippen LogP contribution in [-0.4, -0.2) is 35.2 Å².